The standard InChI is InChI=1S/C16H10F4N2O2S/c17-10-4-6-11(7-5-10)24-25(23)14-3-1-2-12(16(18,19)20)15(14)13-8-9-21-22-13/h1-9H,(H,21,22). The molecule has 0 aliphatic rings. The highest BCUT2D eigenvalue weighted by molar-refractivity contribution is 7.80. The monoisotopic (exact) mass is 370 g/mol. The van der Waals surface area contributed by atoms with Gasteiger partial charge in [-0.1, -0.05) is 6.07 Å². The minimum atomic E-state index is -4.66. The summed E-state index contributed by atoms with van der Waals surface area (Å²) in [4.78, 5) is -0.177. The SMILES string of the molecule is O=S(Oc1ccc(F)cc1)c1cccc(C(F)(F)F)c1-c1ccn[nH]1. The fourth-order valence-electron chi connectivity index (χ4n) is 2.20. The lowest BCUT2D eigenvalue weighted by Crippen LogP contribution is -2.11. The average Bonchev–Trinajstić information content (AvgIpc) is 3.09. The van der Waals surface area contributed by atoms with Crippen molar-refractivity contribution >= 4 is 11.1 Å². The van der Waals surface area contributed by atoms with E-state index in [0.29, 0.717) is 0 Å². The van der Waals surface area contributed by atoms with Crippen molar-refractivity contribution in [3.63, 3.8) is 0 Å². The van der Waals surface area contributed by atoms with Crippen molar-refractivity contribution in [3.05, 3.63) is 66.1 Å². The number of benzene rings is 2. The van der Waals surface area contributed by atoms with E-state index in [2.05, 4.69) is 10.2 Å². The molecule has 0 spiro atoms. The molecule has 0 bridgehead atoms. The Morgan fingerprint density at radius 2 is 1.76 bits per heavy atom. The van der Waals surface area contributed by atoms with Gasteiger partial charge in [-0.15, -0.1) is 0 Å². The largest absolute Gasteiger partial charge is 0.417 e. The molecule has 9 heteroatoms. The molecule has 2 aromatic carbocycles. The first kappa shape index (κ1) is 17.2. The highest BCUT2D eigenvalue weighted by Gasteiger charge is 2.36. The number of hydrogen-bond acceptors (Lipinski definition) is 3. The van der Waals surface area contributed by atoms with Crippen LogP contribution in [0, 0.1) is 5.82 Å². The number of nitrogens with zero attached hydrogens (tertiary/aromatic N) is 1. The molecular weight excluding hydrogens is 360 g/mol. The molecule has 3 rings (SSSR count). The van der Waals surface area contributed by atoms with E-state index in [1.807, 2.05) is 0 Å². The van der Waals surface area contributed by atoms with Crippen molar-refractivity contribution < 1.29 is 26.0 Å². The third-order valence-electron chi connectivity index (χ3n) is 3.27. The van der Waals surface area contributed by atoms with Gasteiger partial charge in [-0.2, -0.15) is 18.3 Å². The zero-order valence-corrected chi connectivity index (χ0v) is 13.2. The third kappa shape index (κ3) is 3.71. The molecule has 130 valence electrons. The molecule has 0 aliphatic heterocycles. The Kier molecular flexibility index (Phi) is 4.58. The molecule has 0 saturated heterocycles. The summed E-state index contributed by atoms with van der Waals surface area (Å²) >= 11 is -2.25. The van der Waals surface area contributed by atoms with E-state index in [1.165, 1.54) is 30.5 Å². The molecule has 0 radical (unpaired) electrons. The Morgan fingerprint density at radius 1 is 1.04 bits per heavy atom. The van der Waals surface area contributed by atoms with Gasteiger partial charge in [-0.25, -0.2) is 8.60 Å². The molecule has 3 aromatic rings. The molecule has 0 aliphatic carbocycles. The van der Waals surface area contributed by atoms with E-state index in [1.54, 1.807) is 0 Å². The van der Waals surface area contributed by atoms with Crippen molar-refractivity contribution in [2.24, 2.45) is 0 Å². The van der Waals surface area contributed by atoms with Crippen LogP contribution in [0.3, 0.4) is 0 Å². The summed E-state index contributed by atoms with van der Waals surface area (Å²) in [5.74, 6) is -0.456. The van der Waals surface area contributed by atoms with Crippen LogP contribution in [0.1, 0.15) is 5.56 Å². The maximum Gasteiger partial charge on any atom is 0.417 e. The Labute approximate surface area is 142 Å². The Hall–Kier alpha value is -2.68. The summed E-state index contributed by atoms with van der Waals surface area (Å²) < 4.78 is 70.6. The van der Waals surface area contributed by atoms with Crippen LogP contribution < -0.4 is 4.18 Å². The summed E-state index contributed by atoms with van der Waals surface area (Å²) in [6.07, 6.45) is -3.37. The van der Waals surface area contributed by atoms with Gasteiger partial charge in [0.15, 0.2) is 0 Å². The zero-order valence-electron chi connectivity index (χ0n) is 12.4. The van der Waals surface area contributed by atoms with E-state index < -0.39 is 28.6 Å². The molecule has 0 saturated carbocycles. The van der Waals surface area contributed by atoms with Crippen LogP contribution in [0.2, 0.25) is 0 Å². The number of H-pyrrole nitrogens is 1. The van der Waals surface area contributed by atoms with Crippen molar-refractivity contribution in [1.29, 1.82) is 0 Å². The van der Waals surface area contributed by atoms with Gasteiger partial charge in [0, 0.05) is 11.8 Å². The maximum atomic E-state index is 13.3. The summed E-state index contributed by atoms with van der Waals surface area (Å²) in [6, 6.07) is 9.28. The number of halogens is 4. The fraction of sp³-hybridized carbons (Fsp3) is 0.0625. The molecule has 1 aromatic heterocycles. The first-order chi connectivity index (χ1) is 11.9. The Balaban J connectivity index is 2.06. The van der Waals surface area contributed by atoms with E-state index in [9.17, 15) is 21.8 Å². The predicted octanol–water partition coefficient (Wildman–Crippen LogP) is 4.34. The van der Waals surface area contributed by atoms with Gasteiger partial charge in [0.2, 0.25) is 11.1 Å². The summed E-state index contributed by atoms with van der Waals surface area (Å²) in [5, 5.41) is 6.09. The Bertz CT molecular complexity index is 893. The number of hydrogen-bond donors (Lipinski definition) is 1. The predicted molar refractivity (Wildman–Crippen MR) is 82.5 cm³/mol. The first-order valence-corrected chi connectivity index (χ1v) is 7.99. The first-order valence-electron chi connectivity index (χ1n) is 6.92. The van der Waals surface area contributed by atoms with Crippen LogP contribution in [-0.4, -0.2) is 14.4 Å². The second kappa shape index (κ2) is 6.67. The molecule has 0 fully saturated rings. The molecule has 25 heavy (non-hydrogen) atoms. The number of aromatic amines is 1. The fourth-order valence-corrected chi connectivity index (χ4v) is 3.15. The van der Waals surface area contributed by atoms with Crippen LogP contribution in [-0.2, 0) is 17.3 Å². The molecule has 1 atom stereocenters. The molecular formula is C16H10F4N2O2S. The van der Waals surface area contributed by atoms with Crippen LogP contribution in [0.15, 0.2) is 59.6 Å². The van der Waals surface area contributed by atoms with Gasteiger partial charge in [-0.05, 0) is 42.5 Å². The lowest BCUT2D eigenvalue weighted by Gasteiger charge is -2.15. The summed E-state index contributed by atoms with van der Waals surface area (Å²) in [7, 11) is 0. The van der Waals surface area contributed by atoms with Gasteiger partial charge in [0.05, 0.1) is 16.2 Å². The lowest BCUT2D eigenvalue weighted by molar-refractivity contribution is -0.137. The number of nitrogens with one attached hydrogen (secondary N) is 1. The van der Waals surface area contributed by atoms with Crippen molar-refractivity contribution in [3.8, 4) is 17.0 Å². The minimum absolute atomic E-state index is 0.0546. The van der Waals surface area contributed by atoms with Crippen LogP contribution in [0.25, 0.3) is 11.3 Å². The summed E-state index contributed by atoms with van der Waals surface area (Å²) in [5.41, 5.74) is -1.22. The van der Waals surface area contributed by atoms with Crippen LogP contribution in [0.4, 0.5) is 17.6 Å². The van der Waals surface area contributed by atoms with Gasteiger partial charge >= 0.3 is 6.18 Å². The normalized spacial score (nSPS) is 12.8. The molecule has 1 N–H and O–H groups in total. The van der Waals surface area contributed by atoms with Crippen molar-refractivity contribution in [2.45, 2.75) is 11.1 Å². The van der Waals surface area contributed by atoms with Crippen LogP contribution in [0.5, 0.6) is 5.75 Å². The highest BCUT2D eigenvalue weighted by Crippen LogP contribution is 2.39. The van der Waals surface area contributed by atoms with Crippen LogP contribution >= 0.6 is 0 Å². The maximum absolute atomic E-state index is 13.3. The van der Waals surface area contributed by atoms with E-state index in [4.69, 9.17) is 4.18 Å². The molecule has 0 amide bonds. The zero-order chi connectivity index (χ0) is 18.0. The highest BCUT2D eigenvalue weighted by atomic mass is 32.2. The quantitative estimate of drug-likeness (QED) is 0.696. The topological polar surface area (TPSA) is 55.0 Å². The van der Waals surface area contributed by atoms with Crippen molar-refractivity contribution in [1.82, 2.24) is 10.2 Å². The smallest absolute Gasteiger partial charge is 0.397 e. The van der Waals surface area contributed by atoms with E-state index >= 15 is 0 Å². The second-order valence-electron chi connectivity index (χ2n) is 4.92. The average molecular weight is 370 g/mol. The van der Waals surface area contributed by atoms with Gasteiger partial charge in [-0.3, -0.25) is 5.10 Å². The number of alkyl halides is 3. The third-order valence-corrected chi connectivity index (χ3v) is 4.31. The van der Waals surface area contributed by atoms with E-state index in [-0.39, 0.29) is 21.9 Å². The molecule has 1 heterocycles. The molecule has 1 unspecified atom stereocenters. The van der Waals surface area contributed by atoms with Gasteiger partial charge in [0.25, 0.3) is 0 Å². The number of rotatable bonds is 4. The lowest BCUT2D eigenvalue weighted by atomic mass is 10.0. The minimum Gasteiger partial charge on any atom is -0.397 e. The van der Waals surface area contributed by atoms with E-state index in [0.717, 1.165) is 24.3 Å². The van der Waals surface area contributed by atoms with Crippen molar-refractivity contribution in [2.75, 3.05) is 0 Å². The van der Waals surface area contributed by atoms with Gasteiger partial charge in [0.1, 0.15) is 11.6 Å². The second-order valence-corrected chi connectivity index (χ2v) is 5.99. The van der Waals surface area contributed by atoms with Gasteiger partial charge < -0.3 is 4.18 Å². The Morgan fingerprint density at radius 3 is 2.36 bits per heavy atom. The summed E-state index contributed by atoms with van der Waals surface area (Å²) in [6.45, 7) is 0. The number of aromatic nitrogens is 2. The molecule has 4 nitrogen and oxygen atoms in total.